The van der Waals surface area contributed by atoms with Crippen LogP contribution in [0, 0.1) is 0 Å². The minimum atomic E-state index is 0. The first-order valence-electron chi connectivity index (χ1n) is 8.53. The molecule has 1 aliphatic heterocycles. The topological polar surface area (TPSA) is 49.6 Å². The Labute approximate surface area is 158 Å². The van der Waals surface area contributed by atoms with Gasteiger partial charge < -0.3 is 10.6 Å². The third kappa shape index (κ3) is 8.34. The second-order valence-electron chi connectivity index (χ2n) is 6.10. The molecule has 2 N–H and O–H groups in total. The van der Waals surface area contributed by atoms with E-state index in [1.54, 1.807) is 0 Å². The van der Waals surface area contributed by atoms with Gasteiger partial charge >= 0.3 is 0 Å². The van der Waals surface area contributed by atoms with Crippen molar-refractivity contribution in [3.05, 3.63) is 35.9 Å². The van der Waals surface area contributed by atoms with Crippen molar-refractivity contribution in [2.45, 2.75) is 38.6 Å². The van der Waals surface area contributed by atoms with Crippen LogP contribution in [0.4, 0.5) is 0 Å². The quantitative estimate of drug-likeness (QED) is 0.710. The average molecular weight is 376 g/mol. The zero-order chi connectivity index (χ0) is 15.6. The van der Waals surface area contributed by atoms with Crippen molar-refractivity contribution >= 4 is 30.7 Å². The molecule has 4 nitrogen and oxygen atoms in total. The molecule has 0 radical (unpaired) electrons. The molecule has 6 heteroatoms. The molecule has 138 valence electrons. The van der Waals surface area contributed by atoms with Crippen LogP contribution in [0.2, 0.25) is 0 Å². The highest BCUT2D eigenvalue weighted by molar-refractivity contribution is 5.85. The van der Waals surface area contributed by atoms with Crippen molar-refractivity contribution in [1.29, 1.82) is 0 Å². The third-order valence-electron chi connectivity index (χ3n) is 4.32. The summed E-state index contributed by atoms with van der Waals surface area (Å²) < 4.78 is 0. The molecule has 24 heavy (non-hydrogen) atoms. The van der Waals surface area contributed by atoms with Crippen molar-refractivity contribution in [2.75, 3.05) is 32.7 Å². The van der Waals surface area contributed by atoms with Gasteiger partial charge in [-0.1, -0.05) is 43.2 Å². The number of piperazine rings is 1. The van der Waals surface area contributed by atoms with Crippen molar-refractivity contribution in [3.8, 4) is 0 Å². The Morgan fingerprint density at radius 2 is 1.54 bits per heavy atom. The molecule has 1 fully saturated rings. The second-order valence-corrected chi connectivity index (χ2v) is 6.10. The molecule has 1 aromatic rings. The molecular weight excluding hydrogens is 345 g/mol. The van der Waals surface area contributed by atoms with Crippen molar-refractivity contribution in [3.63, 3.8) is 0 Å². The smallest absolute Gasteiger partial charge is 0.222 e. The van der Waals surface area contributed by atoms with Crippen molar-refractivity contribution in [2.24, 2.45) is 5.73 Å². The fourth-order valence-corrected chi connectivity index (χ4v) is 2.93. The number of hydrogen-bond donors (Lipinski definition) is 1. The first kappa shape index (κ1) is 23.2. The normalized spacial score (nSPS) is 14.6. The van der Waals surface area contributed by atoms with Gasteiger partial charge in [0.2, 0.25) is 5.91 Å². The Kier molecular flexibility index (Phi) is 13.0. The van der Waals surface area contributed by atoms with Crippen LogP contribution in [0.25, 0.3) is 0 Å². The lowest BCUT2D eigenvalue weighted by atomic mass is 10.1. The molecule has 0 spiro atoms. The maximum atomic E-state index is 12.2. The summed E-state index contributed by atoms with van der Waals surface area (Å²) in [5, 5.41) is 0. The van der Waals surface area contributed by atoms with Gasteiger partial charge in [-0.25, -0.2) is 0 Å². The molecule has 0 aliphatic carbocycles. The second kappa shape index (κ2) is 13.5. The van der Waals surface area contributed by atoms with Gasteiger partial charge in [0.05, 0.1) is 0 Å². The van der Waals surface area contributed by atoms with Crippen molar-refractivity contribution in [1.82, 2.24) is 9.80 Å². The summed E-state index contributed by atoms with van der Waals surface area (Å²) in [6, 6.07) is 10.5. The monoisotopic (exact) mass is 375 g/mol. The highest BCUT2D eigenvalue weighted by Crippen LogP contribution is 2.11. The maximum Gasteiger partial charge on any atom is 0.222 e. The predicted octanol–water partition coefficient (Wildman–Crippen LogP) is 3.08. The number of unbranched alkanes of at least 4 members (excludes halogenated alkanes) is 3. The lowest BCUT2D eigenvalue weighted by molar-refractivity contribution is -0.133. The number of carbonyl (C=O) groups excluding carboxylic acids is 1. The minimum Gasteiger partial charge on any atom is -0.340 e. The molecule has 0 saturated carbocycles. The Balaban J connectivity index is 0.00000264. The van der Waals surface area contributed by atoms with E-state index in [0.717, 1.165) is 65.0 Å². The number of amides is 1. The fraction of sp³-hybridized carbons (Fsp3) is 0.611. The third-order valence-corrected chi connectivity index (χ3v) is 4.32. The minimum absolute atomic E-state index is 0. The Bertz CT molecular complexity index is 437. The number of rotatable bonds is 8. The first-order valence-corrected chi connectivity index (χ1v) is 8.53. The van der Waals surface area contributed by atoms with E-state index in [1.165, 1.54) is 5.56 Å². The molecule has 1 aliphatic rings. The molecule has 2 rings (SSSR count). The lowest BCUT2D eigenvalue weighted by Crippen LogP contribution is -2.48. The molecule has 0 atom stereocenters. The summed E-state index contributed by atoms with van der Waals surface area (Å²) in [7, 11) is 0. The van der Waals surface area contributed by atoms with E-state index in [1.807, 2.05) is 11.0 Å². The highest BCUT2D eigenvalue weighted by atomic mass is 35.5. The van der Waals surface area contributed by atoms with Crippen molar-refractivity contribution < 1.29 is 4.79 Å². The summed E-state index contributed by atoms with van der Waals surface area (Å²) in [6.45, 7) is 5.45. The van der Waals surface area contributed by atoms with E-state index in [2.05, 4.69) is 29.2 Å². The number of nitrogens with two attached hydrogens (primary N) is 1. The maximum absolute atomic E-state index is 12.2. The standard InChI is InChI=1S/C18H29N3O.2ClH/c19-11-7-2-1-6-10-18(22)21-14-12-20(13-15-21)16-17-8-4-3-5-9-17;;/h3-5,8-9H,1-2,6-7,10-16,19H2;2*1H. The first-order chi connectivity index (χ1) is 10.8. The number of nitrogens with zero attached hydrogens (tertiary/aromatic N) is 2. The van der Waals surface area contributed by atoms with Gasteiger partial charge in [-0.15, -0.1) is 24.8 Å². The largest absolute Gasteiger partial charge is 0.340 e. The summed E-state index contributed by atoms with van der Waals surface area (Å²) in [6.07, 6.45) is 5.05. The van der Waals surface area contributed by atoms with E-state index in [9.17, 15) is 4.79 Å². The van der Waals surface area contributed by atoms with Gasteiger partial charge in [0, 0.05) is 39.1 Å². The van der Waals surface area contributed by atoms with Crippen LogP contribution in [0.1, 0.15) is 37.7 Å². The number of benzene rings is 1. The molecule has 1 aromatic carbocycles. The zero-order valence-electron chi connectivity index (χ0n) is 14.4. The highest BCUT2D eigenvalue weighted by Gasteiger charge is 2.20. The Morgan fingerprint density at radius 3 is 2.17 bits per heavy atom. The summed E-state index contributed by atoms with van der Waals surface area (Å²) in [5.74, 6) is 0.326. The van der Waals surface area contributed by atoms with E-state index in [-0.39, 0.29) is 24.8 Å². The van der Waals surface area contributed by atoms with Crippen LogP contribution >= 0.6 is 24.8 Å². The summed E-state index contributed by atoms with van der Waals surface area (Å²) in [4.78, 5) is 16.6. The lowest BCUT2D eigenvalue weighted by Gasteiger charge is -2.34. The van der Waals surface area contributed by atoms with E-state index in [0.29, 0.717) is 12.3 Å². The molecule has 1 amide bonds. The summed E-state index contributed by atoms with van der Waals surface area (Å²) in [5.41, 5.74) is 6.83. The summed E-state index contributed by atoms with van der Waals surface area (Å²) >= 11 is 0. The van der Waals surface area contributed by atoms with Crippen LogP contribution in [0.3, 0.4) is 0 Å². The van der Waals surface area contributed by atoms with Crippen LogP contribution in [-0.2, 0) is 11.3 Å². The van der Waals surface area contributed by atoms with E-state index >= 15 is 0 Å². The molecular formula is C18H31Cl2N3O. The van der Waals surface area contributed by atoms with Gasteiger partial charge in [0.25, 0.3) is 0 Å². The number of carbonyl (C=O) groups is 1. The van der Waals surface area contributed by atoms with Gasteiger partial charge in [-0.05, 0) is 24.9 Å². The van der Waals surface area contributed by atoms with Gasteiger partial charge in [0.15, 0.2) is 0 Å². The molecule has 0 aromatic heterocycles. The van der Waals surface area contributed by atoms with Crippen LogP contribution in [-0.4, -0.2) is 48.4 Å². The molecule has 1 heterocycles. The predicted molar refractivity (Wildman–Crippen MR) is 105 cm³/mol. The number of hydrogen-bond acceptors (Lipinski definition) is 3. The number of halogens is 2. The van der Waals surface area contributed by atoms with Gasteiger partial charge in [0.1, 0.15) is 0 Å². The van der Waals surface area contributed by atoms with E-state index < -0.39 is 0 Å². The van der Waals surface area contributed by atoms with Gasteiger partial charge in [-0.3, -0.25) is 9.69 Å². The molecule has 1 saturated heterocycles. The fourth-order valence-electron chi connectivity index (χ4n) is 2.93. The Hall–Kier alpha value is -0.810. The Morgan fingerprint density at radius 1 is 0.917 bits per heavy atom. The van der Waals surface area contributed by atoms with Crippen LogP contribution in [0.15, 0.2) is 30.3 Å². The zero-order valence-corrected chi connectivity index (χ0v) is 16.0. The molecule has 0 bridgehead atoms. The van der Waals surface area contributed by atoms with Crippen LogP contribution < -0.4 is 5.73 Å². The SMILES string of the molecule is Cl.Cl.NCCCCCCC(=O)N1CCN(Cc2ccccc2)CC1. The molecule has 0 unspecified atom stereocenters. The van der Waals surface area contributed by atoms with Gasteiger partial charge in [-0.2, -0.15) is 0 Å². The van der Waals surface area contributed by atoms with E-state index in [4.69, 9.17) is 5.73 Å². The van der Waals surface area contributed by atoms with Crippen LogP contribution in [0.5, 0.6) is 0 Å². The average Bonchev–Trinajstić information content (AvgIpc) is 2.56.